The number of nitriles is 1. The molecule has 2 aromatic carbocycles. The van der Waals surface area contributed by atoms with Gasteiger partial charge in [0.05, 0.1) is 35.3 Å². The van der Waals surface area contributed by atoms with Crippen LogP contribution >= 0.6 is 0 Å². The Kier molecular flexibility index (Phi) is 3.47. The molecule has 0 atom stereocenters. The SMILES string of the molecule is COc1cc(C#N)ccc1Oc1nc2cc(C)nn2c2ccccc12. The summed E-state index contributed by atoms with van der Waals surface area (Å²) < 4.78 is 13.2. The first-order valence-corrected chi connectivity index (χ1v) is 7.70. The summed E-state index contributed by atoms with van der Waals surface area (Å²) in [4.78, 5) is 4.60. The fourth-order valence-electron chi connectivity index (χ4n) is 2.75. The van der Waals surface area contributed by atoms with Crippen LogP contribution in [0, 0.1) is 18.3 Å². The smallest absolute Gasteiger partial charge is 0.230 e. The van der Waals surface area contributed by atoms with E-state index in [-0.39, 0.29) is 0 Å². The van der Waals surface area contributed by atoms with Gasteiger partial charge in [0, 0.05) is 12.1 Å². The molecule has 4 rings (SSSR count). The van der Waals surface area contributed by atoms with E-state index >= 15 is 0 Å². The van der Waals surface area contributed by atoms with Crippen LogP contribution in [0.15, 0.2) is 48.5 Å². The highest BCUT2D eigenvalue weighted by molar-refractivity contribution is 5.86. The second-order valence-corrected chi connectivity index (χ2v) is 5.57. The molecular weight excluding hydrogens is 316 g/mol. The molecule has 6 nitrogen and oxygen atoms in total. The lowest BCUT2D eigenvalue weighted by Gasteiger charge is -2.12. The fourth-order valence-corrected chi connectivity index (χ4v) is 2.75. The number of aryl methyl sites for hydroxylation is 1. The molecular formula is C19H14N4O2. The third-order valence-corrected chi connectivity index (χ3v) is 3.89. The van der Waals surface area contributed by atoms with Crippen molar-refractivity contribution >= 4 is 16.6 Å². The highest BCUT2D eigenvalue weighted by Gasteiger charge is 2.14. The van der Waals surface area contributed by atoms with Crippen LogP contribution in [0.2, 0.25) is 0 Å². The zero-order valence-corrected chi connectivity index (χ0v) is 13.7. The topological polar surface area (TPSA) is 72.4 Å². The van der Waals surface area contributed by atoms with Gasteiger partial charge in [-0.3, -0.25) is 0 Å². The molecule has 0 fully saturated rings. The molecule has 0 aliphatic carbocycles. The molecule has 0 aliphatic heterocycles. The molecule has 0 spiro atoms. The quantitative estimate of drug-likeness (QED) is 0.570. The number of aromatic nitrogens is 3. The van der Waals surface area contributed by atoms with Crippen molar-refractivity contribution in [3.8, 4) is 23.4 Å². The summed E-state index contributed by atoms with van der Waals surface area (Å²) in [6.45, 7) is 1.92. The van der Waals surface area contributed by atoms with Crippen molar-refractivity contribution < 1.29 is 9.47 Å². The molecule has 0 N–H and O–H groups in total. The maximum Gasteiger partial charge on any atom is 0.230 e. The molecule has 0 unspecified atom stereocenters. The lowest BCUT2D eigenvalue weighted by molar-refractivity contribution is 0.376. The van der Waals surface area contributed by atoms with Gasteiger partial charge in [-0.25, -0.2) is 4.52 Å². The Hall–Kier alpha value is -3.59. The van der Waals surface area contributed by atoms with Crippen LogP contribution in [0.5, 0.6) is 17.4 Å². The average Bonchev–Trinajstić information content (AvgIpc) is 3.02. The average molecular weight is 330 g/mol. The minimum Gasteiger partial charge on any atom is -0.493 e. The summed E-state index contributed by atoms with van der Waals surface area (Å²) in [6.07, 6.45) is 0. The normalized spacial score (nSPS) is 10.8. The van der Waals surface area contributed by atoms with Gasteiger partial charge in [-0.15, -0.1) is 0 Å². The first kappa shape index (κ1) is 15.0. The van der Waals surface area contributed by atoms with Gasteiger partial charge in [0.1, 0.15) is 0 Å². The molecule has 0 aliphatic rings. The summed E-state index contributed by atoms with van der Waals surface area (Å²) in [7, 11) is 1.54. The molecule has 25 heavy (non-hydrogen) atoms. The number of nitrogens with zero attached hydrogens (tertiary/aromatic N) is 4. The van der Waals surface area contributed by atoms with E-state index in [1.54, 1.807) is 29.8 Å². The maximum absolute atomic E-state index is 9.03. The number of para-hydroxylation sites is 1. The minimum atomic E-state index is 0.464. The van der Waals surface area contributed by atoms with Gasteiger partial charge in [0.15, 0.2) is 17.1 Å². The minimum absolute atomic E-state index is 0.464. The predicted molar refractivity (Wildman–Crippen MR) is 93.0 cm³/mol. The second-order valence-electron chi connectivity index (χ2n) is 5.57. The molecule has 6 heteroatoms. The van der Waals surface area contributed by atoms with Crippen molar-refractivity contribution in [1.29, 1.82) is 5.26 Å². The number of rotatable bonds is 3. The Balaban J connectivity index is 1.90. The Bertz CT molecular complexity index is 1140. The first-order valence-electron chi connectivity index (χ1n) is 7.70. The Morgan fingerprint density at radius 1 is 1.08 bits per heavy atom. The maximum atomic E-state index is 9.03. The van der Waals surface area contributed by atoms with Gasteiger partial charge in [0.2, 0.25) is 5.88 Å². The van der Waals surface area contributed by atoms with Crippen LogP contribution in [0.4, 0.5) is 0 Å². The van der Waals surface area contributed by atoms with Gasteiger partial charge in [-0.2, -0.15) is 15.3 Å². The van der Waals surface area contributed by atoms with Gasteiger partial charge in [-0.1, -0.05) is 12.1 Å². The van der Waals surface area contributed by atoms with E-state index in [1.807, 2.05) is 37.3 Å². The van der Waals surface area contributed by atoms with E-state index in [9.17, 15) is 0 Å². The number of fused-ring (bicyclic) bond motifs is 3. The third-order valence-electron chi connectivity index (χ3n) is 3.89. The molecule has 0 amide bonds. The molecule has 0 bridgehead atoms. The van der Waals surface area contributed by atoms with Crippen molar-refractivity contribution in [1.82, 2.24) is 14.6 Å². The van der Waals surface area contributed by atoms with Crippen molar-refractivity contribution in [3.63, 3.8) is 0 Å². The van der Waals surface area contributed by atoms with Gasteiger partial charge in [-0.05, 0) is 31.2 Å². The van der Waals surface area contributed by atoms with Gasteiger partial charge >= 0.3 is 0 Å². The van der Waals surface area contributed by atoms with Crippen LogP contribution in [0.1, 0.15) is 11.3 Å². The van der Waals surface area contributed by atoms with Crippen LogP contribution in [0.3, 0.4) is 0 Å². The third kappa shape index (κ3) is 2.52. The van der Waals surface area contributed by atoms with Crippen molar-refractivity contribution in [3.05, 3.63) is 59.8 Å². The Morgan fingerprint density at radius 3 is 2.72 bits per heavy atom. The molecule has 2 aromatic heterocycles. The van der Waals surface area contributed by atoms with E-state index in [1.165, 1.54) is 0 Å². The molecule has 4 aromatic rings. The standard InChI is InChI=1S/C19H14N4O2/c1-12-9-18-21-19(14-5-3-4-6-15(14)23(18)22-12)25-16-8-7-13(11-20)10-17(16)24-2/h3-10H,1-2H3. The van der Waals surface area contributed by atoms with Crippen molar-refractivity contribution in [2.45, 2.75) is 6.92 Å². The highest BCUT2D eigenvalue weighted by atomic mass is 16.5. The van der Waals surface area contributed by atoms with E-state index in [0.717, 1.165) is 16.6 Å². The van der Waals surface area contributed by atoms with Gasteiger partial charge in [0.25, 0.3) is 0 Å². The van der Waals surface area contributed by atoms with Crippen LogP contribution in [0.25, 0.3) is 16.6 Å². The van der Waals surface area contributed by atoms with E-state index < -0.39 is 0 Å². The monoisotopic (exact) mass is 330 g/mol. The van der Waals surface area contributed by atoms with E-state index in [0.29, 0.717) is 28.6 Å². The molecule has 2 heterocycles. The zero-order chi connectivity index (χ0) is 17.4. The van der Waals surface area contributed by atoms with Crippen LogP contribution in [-0.2, 0) is 0 Å². The summed E-state index contributed by atoms with van der Waals surface area (Å²) >= 11 is 0. The first-order chi connectivity index (χ1) is 12.2. The lowest BCUT2D eigenvalue weighted by Crippen LogP contribution is -1.98. The van der Waals surface area contributed by atoms with E-state index in [2.05, 4.69) is 16.2 Å². The largest absolute Gasteiger partial charge is 0.493 e. The van der Waals surface area contributed by atoms with Crippen LogP contribution in [-0.4, -0.2) is 21.7 Å². The number of hydrogen-bond acceptors (Lipinski definition) is 5. The Labute approximate surface area is 143 Å². The highest BCUT2D eigenvalue weighted by Crippen LogP contribution is 2.35. The fraction of sp³-hybridized carbons (Fsp3) is 0.105. The summed E-state index contributed by atoms with van der Waals surface area (Å²) in [5, 5.41) is 14.4. The lowest BCUT2D eigenvalue weighted by atomic mass is 10.2. The number of benzene rings is 2. The second kappa shape index (κ2) is 5.80. The van der Waals surface area contributed by atoms with Crippen molar-refractivity contribution in [2.75, 3.05) is 7.11 Å². The summed E-state index contributed by atoms with van der Waals surface area (Å²) in [6, 6.07) is 16.8. The van der Waals surface area contributed by atoms with Crippen molar-refractivity contribution in [2.24, 2.45) is 0 Å². The molecule has 122 valence electrons. The molecule has 0 saturated heterocycles. The zero-order valence-electron chi connectivity index (χ0n) is 13.7. The summed E-state index contributed by atoms with van der Waals surface area (Å²) in [5.74, 6) is 1.44. The number of ether oxygens (including phenoxy) is 2. The molecule has 0 radical (unpaired) electrons. The number of hydrogen-bond donors (Lipinski definition) is 0. The predicted octanol–water partition coefficient (Wildman–Crippen LogP) is 3.86. The summed E-state index contributed by atoms with van der Waals surface area (Å²) in [5.41, 5.74) is 3.00. The molecule has 0 saturated carbocycles. The van der Waals surface area contributed by atoms with E-state index in [4.69, 9.17) is 14.7 Å². The van der Waals surface area contributed by atoms with Gasteiger partial charge < -0.3 is 9.47 Å². The number of methoxy groups -OCH3 is 1. The Morgan fingerprint density at radius 2 is 1.92 bits per heavy atom. The van der Waals surface area contributed by atoms with Crippen LogP contribution < -0.4 is 9.47 Å².